The molecule has 2 rings (SSSR count). The number of benzene rings is 1. The predicted molar refractivity (Wildman–Crippen MR) is 83.2 cm³/mol. The van der Waals surface area contributed by atoms with E-state index in [2.05, 4.69) is 29.5 Å². The Hall–Kier alpha value is -1.55. The first-order chi connectivity index (χ1) is 9.45. The molecule has 0 bridgehead atoms. The van der Waals surface area contributed by atoms with Gasteiger partial charge in [-0.2, -0.15) is 0 Å². The van der Waals surface area contributed by atoms with E-state index < -0.39 is 0 Å². The molecule has 1 amide bonds. The van der Waals surface area contributed by atoms with Gasteiger partial charge in [-0.3, -0.25) is 4.79 Å². The lowest BCUT2D eigenvalue weighted by Gasteiger charge is -2.15. The highest BCUT2D eigenvalue weighted by atomic mass is 16.1. The van der Waals surface area contributed by atoms with Crippen LogP contribution >= 0.6 is 0 Å². The van der Waals surface area contributed by atoms with Crippen LogP contribution in [0.5, 0.6) is 0 Å². The molecule has 1 saturated heterocycles. The molecular formula is C16H25N3O. The topological polar surface area (TPSA) is 44.4 Å². The maximum absolute atomic E-state index is 11.9. The van der Waals surface area contributed by atoms with Gasteiger partial charge in [-0.25, -0.2) is 0 Å². The molecule has 0 radical (unpaired) electrons. The van der Waals surface area contributed by atoms with Crippen molar-refractivity contribution in [3.8, 4) is 0 Å². The van der Waals surface area contributed by atoms with Crippen molar-refractivity contribution in [2.24, 2.45) is 0 Å². The molecule has 110 valence electrons. The summed E-state index contributed by atoms with van der Waals surface area (Å²) < 4.78 is 0. The van der Waals surface area contributed by atoms with E-state index in [1.807, 2.05) is 38.1 Å². The Morgan fingerprint density at radius 3 is 2.45 bits per heavy atom. The summed E-state index contributed by atoms with van der Waals surface area (Å²) in [4.78, 5) is 14.2. The lowest BCUT2D eigenvalue weighted by atomic mass is 10.1. The second-order valence-electron chi connectivity index (χ2n) is 6.07. The van der Waals surface area contributed by atoms with Crippen LogP contribution in [0, 0.1) is 0 Å². The van der Waals surface area contributed by atoms with Crippen molar-refractivity contribution >= 4 is 11.6 Å². The highest BCUT2D eigenvalue weighted by molar-refractivity contribution is 5.94. The molecule has 0 aliphatic carbocycles. The first kappa shape index (κ1) is 14.9. The van der Waals surface area contributed by atoms with Crippen molar-refractivity contribution < 1.29 is 4.79 Å². The van der Waals surface area contributed by atoms with Gasteiger partial charge >= 0.3 is 0 Å². The predicted octanol–water partition coefficient (Wildman–Crippen LogP) is 2.33. The molecule has 4 heteroatoms. The Morgan fingerprint density at radius 1 is 1.30 bits per heavy atom. The van der Waals surface area contributed by atoms with Gasteiger partial charge in [0.05, 0.1) is 0 Å². The number of carbonyl (C=O) groups excluding carboxylic acids is 1. The Bertz CT molecular complexity index is 445. The van der Waals surface area contributed by atoms with Crippen LogP contribution in [0.3, 0.4) is 0 Å². The molecule has 1 fully saturated rings. The molecule has 4 nitrogen and oxygen atoms in total. The highest BCUT2D eigenvalue weighted by Gasteiger charge is 2.25. The minimum Gasteiger partial charge on any atom is -0.381 e. The van der Waals surface area contributed by atoms with Crippen molar-refractivity contribution in [2.75, 3.05) is 18.9 Å². The SMILES string of the molecule is CC(C)NC(=O)c1ccc(NC2CC(C)N(C)C2)cc1. The maximum Gasteiger partial charge on any atom is 0.251 e. The first-order valence-electron chi connectivity index (χ1n) is 7.33. The molecule has 0 aromatic heterocycles. The average Bonchev–Trinajstić information content (AvgIpc) is 2.68. The van der Waals surface area contributed by atoms with Gasteiger partial charge in [-0.05, 0) is 58.5 Å². The van der Waals surface area contributed by atoms with Crippen LogP contribution in [0.4, 0.5) is 5.69 Å². The van der Waals surface area contributed by atoms with Crippen LogP contribution in [0.25, 0.3) is 0 Å². The quantitative estimate of drug-likeness (QED) is 0.886. The zero-order chi connectivity index (χ0) is 14.7. The summed E-state index contributed by atoms with van der Waals surface area (Å²) in [6, 6.07) is 9.01. The lowest BCUT2D eigenvalue weighted by molar-refractivity contribution is 0.0943. The van der Waals surface area contributed by atoms with Crippen LogP contribution in [0.1, 0.15) is 37.6 Å². The summed E-state index contributed by atoms with van der Waals surface area (Å²) in [6.07, 6.45) is 1.16. The number of nitrogens with one attached hydrogen (secondary N) is 2. The van der Waals surface area contributed by atoms with Gasteiger partial charge in [0.1, 0.15) is 0 Å². The minimum absolute atomic E-state index is 0.0132. The molecule has 1 aliphatic rings. The maximum atomic E-state index is 11.9. The number of nitrogens with zero attached hydrogens (tertiary/aromatic N) is 1. The van der Waals surface area contributed by atoms with E-state index in [0.29, 0.717) is 17.6 Å². The molecule has 1 aliphatic heterocycles. The van der Waals surface area contributed by atoms with E-state index >= 15 is 0 Å². The fourth-order valence-electron chi connectivity index (χ4n) is 2.60. The van der Waals surface area contributed by atoms with Crippen molar-refractivity contribution in [3.05, 3.63) is 29.8 Å². The van der Waals surface area contributed by atoms with Crippen LogP contribution in [0.2, 0.25) is 0 Å². The largest absolute Gasteiger partial charge is 0.381 e. The van der Waals surface area contributed by atoms with Crippen molar-refractivity contribution in [1.29, 1.82) is 0 Å². The van der Waals surface area contributed by atoms with Crippen molar-refractivity contribution in [1.82, 2.24) is 10.2 Å². The van der Waals surface area contributed by atoms with Crippen LogP contribution < -0.4 is 10.6 Å². The van der Waals surface area contributed by atoms with Gasteiger partial charge in [0.25, 0.3) is 5.91 Å². The Morgan fingerprint density at radius 2 is 1.95 bits per heavy atom. The molecule has 1 aromatic carbocycles. The summed E-state index contributed by atoms with van der Waals surface area (Å²) in [6.45, 7) is 7.24. The zero-order valence-corrected chi connectivity index (χ0v) is 12.8. The number of hydrogen-bond donors (Lipinski definition) is 2. The Kier molecular flexibility index (Phi) is 4.65. The second kappa shape index (κ2) is 6.27. The number of rotatable bonds is 4. The van der Waals surface area contributed by atoms with E-state index in [-0.39, 0.29) is 11.9 Å². The zero-order valence-electron chi connectivity index (χ0n) is 12.8. The standard InChI is InChI=1S/C16H25N3O/c1-11(2)17-16(20)13-5-7-14(8-6-13)18-15-9-12(3)19(4)10-15/h5-8,11-12,15,18H,9-10H2,1-4H3,(H,17,20). The monoisotopic (exact) mass is 275 g/mol. The minimum atomic E-state index is -0.0132. The van der Waals surface area contributed by atoms with Crippen LogP contribution in [0.15, 0.2) is 24.3 Å². The molecule has 2 N–H and O–H groups in total. The molecule has 0 spiro atoms. The normalized spacial score (nSPS) is 23.1. The first-order valence-corrected chi connectivity index (χ1v) is 7.33. The molecule has 2 atom stereocenters. The van der Waals surface area contributed by atoms with Gasteiger partial charge < -0.3 is 15.5 Å². The van der Waals surface area contributed by atoms with Crippen molar-refractivity contribution in [3.63, 3.8) is 0 Å². The van der Waals surface area contributed by atoms with Gasteiger partial charge in [0.15, 0.2) is 0 Å². The highest BCUT2D eigenvalue weighted by Crippen LogP contribution is 2.19. The van der Waals surface area contributed by atoms with Crippen LogP contribution in [-0.4, -0.2) is 42.5 Å². The van der Waals surface area contributed by atoms with E-state index in [4.69, 9.17) is 0 Å². The summed E-state index contributed by atoms with van der Waals surface area (Å²) >= 11 is 0. The van der Waals surface area contributed by atoms with Gasteiger partial charge in [-0.15, -0.1) is 0 Å². The second-order valence-corrected chi connectivity index (χ2v) is 6.07. The fraction of sp³-hybridized carbons (Fsp3) is 0.562. The number of amides is 1. The number of carbonyl (C=O) groups is 1. The molecule has 0 saturated carbocycles. The molecular weight excluding hydrogens is 250 g/mol. The third-order valence-corrected chi connectivity index (χ3v) is 3.82. The summed E-state index contributed by atoms with van der Waals surface area (Å²) in [7, 11) is 2.16. The van der Waals surface area contributed by atoms with E-state index in [1.165, 1.54) is 0 Å². The van der Waals surface area contributed by atoms with E-state index in [1.54, 1.807) is 0 Å². The Labute approximate surface area is 121 Å². The van der Waals surface area contributed by atoms with E-state index in [0.717, 1.165) is 18.7 Å². The molecule has 2 unspecified atom stereocenters. The molecule has 20 heavy (non-hydrogen) atoms. The number of hydrogen-bond acceptors (Lipinski definition) is 3. The molecule has 1 heterocycles. The lowest BCUT2D eigenvalue weighted by Crippen LogP contribution is -2.30. The smallest absolute Gasteiger partial charge is 0.251 e. The van der Waals surface area contributed by atoms with Crippen LogP contribution in [-0.2, 0) is 0 Å². The number of likely N-dealkylation sites (tertiary alicyclic amines) is 1. The number of likely N-dealkylation sites (N-methyl/N-ethyl adjacent to an activating group) is 1. The fourth-order valence-corrected chi connectivity index (χ4v) is 2.60. The van der Waals surface area contributed by atoms with Crippen molar-refractivity contribution in [2.45, 2.75) is 45.3 Å². The average molecular weight is 275 g/mol. The third kappa shape index (κ3) is 3.73. The third-order valence-electron chi connectivity index (χ3n) is 3.82. The summed E-state index contributed by atoms with van der Waals surface area (Å²) in [5.74, 6) is -0.0132. The van der Waals surface area contributed by atoms with Gasteiger partial charge in [0, 0.05) is 35.9 Å². The number of anilines is 1. The van der Waals surface area contributed by atoms with Gasteiger partial charge in [-0.1, -0.05) is 0 Å². The van der Waals surface area contributed by atoms with E-state index in [9.17, 15) is 4.79 Å². The Balaban J connectivity index is 1.93. The molecule has 1 aromatic rings. The van der Waals surface area contributed by atoms with Gasteiger partial charge in [0.2, 0.25) is 0 Å². The summed E-state index contributed by atoms with van der Waals surface area (Å²) in [5.41, 5.74) is 1.79. The summed E-state index contributed by atoms with van der Waals surface area (Å²) in [5, 5.41) is 6.43.